The van der Waals surface area contributed by atoms with Crippen LogP contribution in [0.15, 0.2) is 71.8 Å². The summed E-state index contributed by atoms with van der Waals surface area (Å²) in [4.78, 5) is 4.30. The molecule has 7 heteroatoms. The highest BCUT2D eigenvalue weighted by molar-refractivity contribution is 5.86. The van der Waals surface area contributed by atoms with Gasteiger partial charge in [0, 0.05) is 24.0 Å². The van der Waals surface area contributed by atoms with E-state index in [1.807, 2.05) is 24.3 Å². The fraction of sp³-hybridized carbons (Fsp3) is 0.0526. The van der Waals surface area contributed by atoms with E-state index in [4.69, 9.17) is 4.52 Å². The molecule has 0 aliphatic heterocycles. The van der Waals surface area contributed by atoms with Crippen LogP contribution in [0.3, 0.4) is 0 Å². The molecular formula is C19H14N6O. The van der Waals surface area contributed by atoms with E-state index in [0.29, 0.717) is 18.0 Å². The molecule has 26 heavy (non-hydrogen) atoms. The Labute approximate surface area is 148 Å². The number of nitrogens with one attached hydrogen (secondary N) is 1. The molecule has 3 aromatic heterocycles. The third-order valence-corrected chi connectivity index (χ3v) is 4.25. The van der Waals surface area contributed by atoms with E-state index >= 15 is 0 Å². The lowest BCUT2D eigenvalue weighted by molar-refractivity contribution is 0.424. The SMILES string of the molecule is c1ccc2cc(-c3cc(CNc4nccn5cnnc45)no3)ccc2c1. The molecule has 0 atom stereocenters. The van der Waals surface area contributed by atoms with Crippen molar-refractivity contribution in [3.8, 4) is 11.3 Å². The van der Waals surface area contributed by atoms with Crippen LogP contribution in [0.2, 0.25) is 0 Å². The van der Waals surface area contributed by atoms with E-state index in [2.05, 4.69) is 49.9 Å². The topological polar surface area (TPSA) is 81.1 Å². The Balaban J connectivity index is 1.38. The fourth-order valence-corrected chi connectivity index (χ4v) is 2.93. The summed E-state index contributed by atoms with van der Waals surface area (Å²) >= 11 is 0. The van der Waals surface area contributed by atoms with Gasteiger partial charge in [0.05, 0.1) is 6.54 Å². The fourth-order valence-electron chi connectivity index (χ4n) is 2.93. The van der Waals surface area contributed by atoms with Gasteiger partial charge in [-0.25, -0.2) is 4.98 Å². The molecule has 7 nitrogen and oxygen atoms in total. The normalized spacial score (nSPS) is 11.2. The molecule has 0 saturated carbocycles. The molecule has 0 saturated heterocycles. The number of aromatic nitrogens is 5. The molecular weight excluding hydrogens is 328 g/mol. The molecule has 2 aromatic carbocycles. The minimum Gasteiger partial charge on any atom is -0.361 e. The molecule has 0 bridgehead atoms. The van der Waals surface area contributed by atoms with E-state index in [-0.39, 0.29) is 0 Å². The highest BCUT2D eigenvalue weighted by Gasteiger charge is 2.09. The summed E-state index contributed by atoms with van der Waals surface area (Å²) in [5, 5.41) is 17.7. The summed E-state index contributed by atoms with van der Waals surface area (Å²) in [6, 6.07) is 16.4. The minimum atomic E-state index is 0.483. The van der Waals surface area contributed by atoms with Gasteiger partial charge in [0.2, 0.25) is 5.65 Å². The van der Waals surface area contributed by atoms with Crippen LogP contribution in [0.1, 0.15) is 5.69 Å². The van der Waals surface area contributed by atoms with Gasteiger partial charge in [-0.15, -0.1) is 10.2 Å². The largest absolute Gasteiger partial charge is 0.361 e. The molecule has 126 valence electrons. The van der Waals surface area contributed by atoms with Gasteiger partial charge >= 0.3 is 0 Å². The molecule has 0 aliphatic carbocycles. The first kappa shape index (κ1) is 14.6. The Morgan fingerprint density at radius 2 is 1.96 bits per heavy atom. The molecule has 5 rings (SSSR count). The first-order chi connectivity index (χ1) is 12.9. The maximum Gasteiger partial charge on any atom is 0.203 e. The predicted octanol–water partition coefficient (Wildman–Crippen LogP) is 3.54. The Morgan fingerprint density at radius 1 is 1.04 bits per heavy atom. The van der Waals surface area contributed by atoms with Crippen molar-refractivity contribution in [2.75, 3.05) is 5.32 Å². The molecule has 0 radical (unpaired) electrons. The number of fused-ring (bicyclic) bond motifs is 2. The summed E-state index contributed by atoms with van der Waals surface area (Å²) in [5.41, 5.74) is 2.46. The maximum atomic E-state index is 5.52. The Hall–Kier alpha value is -3.74. The first-order valence-corrected chi connectivity index (χ1v) is 8.20. The molecule has 0 amide bonds. The Bertz CT molecular complexity index is 1210. The van der Waals surface area contributed by atoms with Gasteiger partial charge in [0.25, 0.3) is 0 Å². The number of nitrogens with zero attached hydrogens (tertiary/aromatic N) is 5. The molecule has 0 aliphatic rings. The highest BCUT2D eigenvalue weighted by Crippen LogP contribution is 2.25. The van der Waals surface area contributed by atoms with Gasteiger partial charge in [0.15, 0.2) is 11.6 Å². The average Bonchev–Trinajstić information content (AvgIpc) is 3.35. The van der Waals surface area contributed by atoms with Crippen molar-refractivity contribution in [2.45, 2.75) is 6.54 Å². The van der Waals surface area contributed by atoms with Crippen molar-refractivity contribution in [3.63, 3.8) is 0 Å². The van der Waals surface area contributed by atoms with Gasteiger partial charge in [-0.05, 0) is 16.8 Å². The van der Waals surface area contributed by atoms with Crippen molar-refractivity contribution in [3.05, 3.63) is 72.9 Å². The molecule has 0 spiro atoms. The summed E-state index contributed by atoms with van der Waals surface area (Å²) < 4.78 is 7.32. The monoisotopic (exact) mass is 342 g/mol. The Kier molecular flexibility index (Phi) is 3.35. The van der Waals surface area contributed by atoms with Gasteiger partial charge in [-0.1, -0.05) is 41.6 Å². The Morgan fingerprint density at radius 3 is 2.92 bits per heavy atom. The smallest absolute Gasteiger partial charge is 0.203 e. The molecule has 5 aromatic rings. The second-order valence-electron chi connectivity index (χ2n) is 5.94. The zero-order valence-corrected chi connectivity index (χ0v) is 13.7. The van der Waals surface area contributed by atoms with Crippen LogP contribution in [0.4, 0.5) is 5.82 Å². The quantitative estimate of drug-likeness (QED) is 0.538. The standard InChI is InChI=1S/C19H14N6O/c1-2-4-14-9-15(6-5-13(14)3-1)17-10-16(24-26-17)11-21-18-19-23-22-12-25(19)8-7-20-18/h1-10,12H,11H2,(H,20,21). The zero-order chi connectivity index (χ0) is 17.3. The van der Waals surface area contributed by atoms with Crippen LogP contribution in [0, 0.1) is 0 Å². The van der Waals surface area contributed by atoms with Crippen molar-refractivity contribution in [2.24, 2.45) is 0 Å². The second-order valence-corrected chi connectivity index (χ2v) is 5.94. The third-order valence-electron chi connectivity index (χ3n) is 4.25. The number of hydrogen-bond donors (Lipinski definition) is 1. The third kappa shape index (κ3) is 2.55. The van der Waals surface area contributed by atoms with E-state index in [1.54, 1.807) is 23.1 Å². The molecule has 3 heterocycles. The van der Waals surface area contributed by atoms with Crippen LogP contribution in [0.25, 0.3) is 27.7 Å². The number of anilines is 1. The van der Waals surface area contributed by atoms with Gasteiger partial charge in [0.1, 0.15) is 12.0 Å². The number of benzene rings is 2. The van der Waals surface area contributed by atoms with Crippen LogP contribution in [-0.4, -0.2) is 24.7 Å². The second kappa shape index (κ2) is 5.96. The van der Waals surface area contributed by atoms with E-state index in [0.717, 1.165) is 17.0 Å². The number of hydrogen-bond acceptors (Lipinski definition) is 6. The summed E-state index contributed by atoms with van der Waals surface area (Å²) in [7, 11) is 0. The van der Waals surface area contributed by atoms with Crippen LogP contribution >= 0.6 is 0 Å². The van der Waals surface area contributed by atoms with Crippen LogP contribution in [0.5, 0.6) is 0 Å². The lowest BCUT2D eigenvalue weighted by atomic mass is 10.1. The summed E-state index contributed by atoms with van der Waals surface area (Å²) in [5.74, 6) is 1.39. The van der Waals surface area contributed by atoms with Crippen LogP contribution < -0.4 is 5.32 Å². The van der Waals surface area contributed by atoms with Crippen molar-refractivity contribution < 1.29 is 4.52 Å². The maximum absolute atomic E-state index is 5.52. The van der Waals surface area contributed by atoms with Gasteiger partial charge in [-0.2, -0.15) is 0 Å². The zero-order valence-electron chi connectivity index (χ0n) is 13.7. The first-order valence-electron chi connectivity index (χ1n) is 8.20. The van der Waals surface area contributed by atoms with Crippen LogP contribution in [-0.2, 0) is 6.54 Å². The van der Waals surface area contributed by atoms with E-state index in [1.165, 1.54) is 10.8 Å². The average molecular weight is 342 g/mol. The summed E-state index contributed by atoms with van der Waals surface area (Å²) in [6.45, 7) is 0.483. The highest BCUT2D eigenvalue weighted by atomic mass is 16.5. The van der Waals surface area contributed by atoms with Gasteiger partial charge < -0.3 is 9.84 Å². The van der Waals surface area contributed by atoms with E-state index < -0.39 is 0 Å². The number of rotatable bonds is 4. The van der Waals surface area contributed by atoms with Crippen molar-refractivity contribution in [1.29, 1.82) is 0 Å². The molecule has 1 N–H and O–H groups in total. The van der Waals surface area contributed by atoms with Crippen molar-refractivity contribution in [1.82, 2.24) is 24.7 Å². The van der Waals surface area contributed by atoms with Gasteiger partial charge in [-0.3, -0.25) is 4.40 Å². The summed E-state index contributed by atoms with van der Waals surface area (Å²) in [6.07, 6.45) is 5.13. The molecule has 0 fully saturated rings. The predicted molar refractivity (Wildman–Crippen MR) is 97.6 cm³/mol. The lowest BCUT2D eigenvalue weighted by Gasteiger charge is -2.03. The molecule has 0 unspecified atom stereocenters. The minimum absolute atomic E-state index is 0.483. The van der Waals surface area contributed by atoms with E-state index in [9.17, 15) is 0 Å². The van der Waals surface area contributed by atoms with Crippen molar-refractivity contribution >= 4 is 22.2 Å². The lowest BCUT2D eigenvalue weighted by Crippen LogP contribution is -2.03.